The molecule has 0 aromatic heterocycles. The van der Waals surface area contributed by atoms with Crippen molar-refractivity contribution in [3.05, 3.63) is 29.3 Å². The van der Waals surface area contributed by atoms with Crippen LogP contribution in [-0.4, -0.2) is 11.4 Å². The van der Waals surface area contributed by atoms with Crippen molar-refractivity contribution >= 4 is 6.29 Å². The molecule has 0 radical (unpaired) electrons. The summed E-state index contributed by atoms with van der Waals surface area (Å²) in [5.74, 6) is 0.685. The van der Waals surface area contributed by atoms with E-state index >= 15 is 0 Å². The highest BCUT2D eigenvalue weighted by Crippen LogP contribution is 2.38. The Morgan fingerprint density at radius 2 is 2.00 bits per heavy atom. The minimum atomic E-state index is -0.269. The summed E-state index contributed by atoms with van der Waals surface area (Å²) in [6.45, 7) is 3.97. The molecule has 1 atom stereocenters. The van der Waals surface area contributed by atoms with Crippen molar-refractivity contribution in [3.63, 3.8) is 0 Å². The lowest BCUT2D eigenvalue weighted by molar-refractivity contribution is -0.116. The van der Waals surface area contributed by atoms with Crippen LogP contribution in [0, 0.1) is 11.3 Å². The van der Waals surface area contributed by atoms with Crippen molar-refractivity contribution < 1.29 is 9.90 Å². The van der Waals surface area contributed by atoms with Gasteiger partial charge in [-0.25, -0.2) is 0 Å². The van der Waals surface area contributed by atoms with Gasteiger partial charge in [-0.2, -0.15) is 0 Å². The minimum absolute atomic E-state index is 0.269. The largest absolute Gasteiger partial charge is 0.508 e. The maximum Gasteiger partial charge on any atom is 0.125 e. The van der Waals surface area contributed by atoms with Crippen LogP contribution in [0.1, 0.15) is 25.0 Å². The molecule has 1 aromatic rings. The number of aromatic hydroxyl groups is 1. The Morgan fingerprint density at radius 3 is 2.67 bits per heavy atom. The first kappa shape index (κ1) is 10.2. The molecular weight excluding hydrogens is 188 g/mol. The fraction of sp³-hybridized carbons (Fsp3) is 0.462. The molecule has 1 unspecified atom stereocenters. The summed E-state index contributed by atoms with van der Waals surface area (Å²) in [5, 5.41) is 9.37. The highest BCUT2D eigenvalue weighted by molar-refractivity contribution is 5.59. The first-order valence-corrected chi connectivity index (χ1v) is 5.30. The number of benzene rings is 1. The van der Waals surface area contributed by atoms with E-state index in [2.05, 4.69) is 0 Å². The zero-order chi connectivity index (χ0) is 11.1. The monoisotopic (exact) mass is 204 g/mol. The predicted molar refractivity (Wildman–Crippen MR) is 58.8 cm³/mol. The molecular formula is C13H16O2. The molecule has 0 amide bonds. The summed E-state index contributed by atoms with van der Waals surface area (Å²) in [6, 6.07) is 5.50. The van der Waals surface area contributed by atoms with Gasteiger partial charge in [0.1, 0.15) is 12.0 Å². The van der Waals surface area contributed by atoms with Gasteiger partial charge in [0.2, 0.25) is 0 Å². The molecule has 1 aromatic carbocycles. The Labute approximate surface area is 89.9 Å². The molecule has 2 heteroatoms. The van der Waals surface area contributed by atoms with E-state index in [1.807, 2.05) is 26.0 Å². The Balaban J connectivity index is 2.26. The summed E-state index contributed by atoms with van der Waals surface area (Å²) in [6.07, 6.45) is 2.89. The highest BCUT2D eigenvalue weighted by atomic mass is 16.3. The SMILES string of the molecule is CC(C)(C=O)C1Cc2ccc(O)cc2C1. The molecule has 0 saturated heterocycles. The maximum atomic E-state index is 11.0. The predicted octanol–water partition coefficient (Wildman–Crippen LogP) is 2.33. The summed E-state index contributed by atoms with van der Waals surface area (Å²) in [5.41, 5.74) is 2.19. The van der Waals surface area contributed by atoms with Crippen molar-refractivity contribution in [2.75, 3.05) is 0 Å². The lowest BCUT2D eigenvalue weighted by Crippen LogP contribution is -2.25. The standard InChI is InChI=1S/C13H16O2/c1-13(2,8-14)11-5-9-3-4-12(15)7-10(9)6-11/h3-4,7-8,11,15H,5-6H2,1-2H3. The van der Waals surface area contributed by atoms with E-state index in [0.717, 1.165) is 19.1 Å². The van der Waals surface area contributed by atoms with Crippen molar-refractivity contribution in [2.24, 2.45) is 11.3 Å². The van der Waals surface area contributed by atoms with Crippen LogP contribution in [0.15, 0.2) is 18.2 Å². The average Bonchev–Trinajstić information content (AvgIpc) is 2.61. The Bertz CT molecular complexity index is 394. The quantitative estimate of drug-likeness (QED) is 0.751. The van der Waals surface area contributed by atoms with Gasteiger partial charge in [-0.3, -0.25) is 0 Å². The van der Waals surface area contributed by atoms with Gasteiger partial charge < -0.3 is 9.90 Å². The van der Waals surface area contributed by atoms with Crippen molar-refractivity contribution in [1.29, 1.82) is 0 Å². The van der Waals surface area contributed by atoms with Crippen LogP contribution in [0.5, 0.6) is 5.75 Å². The summed E-state index contributed by atoms with van der Waals surface area (Å²) in [7, 11) is 0. The van der Waals surface area contributed by atoms with Crippen LogP contribution in [0.25, 0.3) is 0 Å². The lowest BCUT2D eigenvalue weighted by atomic mass is 9.78. The van der Waals surface area contributed by atoms with Gasteiger partial charge >= 0.3 is 0 Å². The van der Waals surface area contributed by atoms with Crippen LogP contribution < -0.4 is 0 Å². The number of fused-ring (bicyclic) bond motifs is 1. The second kappa shape index (κ2) is 3.37. The van der Waals surface area contributed by atoms with Gasteiger partial charge in [0.25, 0.3) is 0 Å². The molecule has 2 nitrogen and oxygen atoms in total. The number of phenols is 1. The van der Waals surface area contributed by atoms with Gasteiger partial charge in [-0.1, -0.05) is 19.9 Å². The Morgan fingerprint density at radius 1 is 1.33 bits per heavy atom. The van der Waals surface area contributed by atoms with Gasteiger partial charge in [-0.15, -0.1) is 0 Å². The van der Waals surface area contributed by atoms with Crippen LogP contribution in [0.3, 0.4) is 0 Å². The minimum Gasteiger partial charge on any atom is -0.508 e. The molecule has 80 valence electrons. The molecule has 0 saturated carbocycles. The molecule has 0 spiro atoms. The van der Waals surface area contributed by atoms with Gasteiger partial charge in [0.05, 0.1) is 0 Å². The van der Waals surface area contributed by atoms with Crippen LogP contribution in [0.2, 0.25) is 0 Å². The fourth-order valence-electron chi connectivity index (χ4n) is 2.23. The van der Waals surface area contributed by atoms with Gasteiger partial charge in [0, 0.05) is 5.41 Å². The van der Waals surface area contributed by atoms with Gasteiger partial charge in [-0.05, 0) is 42.0 Å². The Hall–Kier alpha value is -1.31. The molecule has 0 aliphatic heterocycles. The molecule has 0 heterocycles. The summed E-state index contributed by atoms with van der Waals surface area (Å²) >= 11 is 0. The number of hydrogen-bond donors (Lipinski definition) is 1. The van der Waals surface area contributed by atoms with Gasteiger partial charge in [0.15, 0.2) is 0 Å². The molecule has 0 bridgehead atoms. The molecule has 15 heavy (non-hydrogen) atoms. The first-order valence-electron chi connectivity index (χ1n) is 5.30. The van der Waals surface area contributed by atoms with Crippen LogP contribution in [0.4, 0.5) is 0 Å². The van der Waals surface area contributed by atoms with Crippen LogP contribution in [-0.2, 0) is 17.6 Å². The number of phenolic OH excluding ortho intramolecular Hbond substituents is 1. The second-order valence-corrected chi connectivity index (χ2v) is 5.00. The third-order valence-corrected chi connectivity index (χ3v) is 3.48. The zero-order valence-electron chi connectivity index (χ0n) is 9.16. The zero-order valence-corrected chi connectivity index (χ0v) is 9.16. The normalized spacial score (nSPS) is 20.0. The number of carbonyl (C=O) groups is 1. The van der Waals surface area contributed by atoms with Crippen molar-refractivity contribution in [3.8, 4) is 5.75 Å². The van der Waals surface area contributed by atoms with E-state index in [0.29, 0.717) is 11.7 Å². The van der Waals surface area contributed by atoms with E-state index in [-0.39, 0.29) is 5.41 Å². The molecule has 1 N–H and O–H groups in total. The highest BCUT2D eigenvalue weighted by Gasteiger charge is 2.34. The molecule has 2 rings (SSSR count). The number of hydrogen-bond acceptors (Lipinski definition) is 2. The van der Waals surface area contributed by atoms with Crippen molar-refractivity contribution in [1.82, 2.24) is 0 Å². The number of aldehydes is 1. The fourth-order valence-corrected chi connectivity index (χ4v) is 2.23. The molecule has 0 fully saturated rings. The van der Waals surface area contributed by atoms with E-state index in [4.69, 9.17) is 0 Å². The van der Waals surface area contributed by atoms with E-state index in [1.165, 1.54) is 11.1 Å². The third-order valence-electron chi connectivity index (χ3n) is 3.48. The summed E-state index contributed by atoms with van der Waals surface area (Å²) < 4.78 is 0. The average molecular weight is 204 g/mol. The Kier molecular flexibility index (Phi) is 2.29. The topological polar surface area (TPSA) is 37.3 Å². The van der Waals surface area contributed by atoms with E-state index in [9.17, 15) is 9.90 Å². The number of carbonyl (C=O) groups excluding carboxylic acids is 1. The van der Waals surface area contributed by atoms with Crippen molar-refractivity contribution in [2.45, 2.75) is 26.7 Å². The van der Waals surface area contributed by atoms with E-state index in [1.54, 1.807) is 6.07 Å². The molecule has 1 aliphatic carbocycles. The molecule has 1 aliphatic rings. The smallest absolute Gasteiger partial charge is 0.125 e. The first-order chi connectivity index (χ1) is 7.03. The number of rotatable bonds is 2. The lowest BCUT2D eigenvalue weighted by Gasteiger charge is -2.24. The van der Waals surface area contributed by atoms with Crippen LogP contribution >= 0.6 is 0 Å². The van der Waals surface area contributed by atoms with E-state index < -0.39 is 0 Å². The third kappa shape index (κ3) is 1.76. The summed E-state index contributed by atoms with van der Waals surface area (Å²) in [4.78, 5) is 11.0. The second-order valence-electron chi connectivity index (χ2n) is 5.00. The maximum absolute atomic E-state index is 11.0.